The van der Waals surface area contributed by atoms with Crippen molar-refractivity contribution in [1.29, 1.82) is 0 Å². The lowest BCUT2D eigenvalue weighted by Gasteiger charge is -2.31. The topological polar surface area (TPSA) is 117 Å². The first-order valence-electron chi connectivity index (χ1n) is 11.1. The van der Waals surface area contributed by atoms with E-state index in [0.717, 1.165) is 36.4 Å². The molecule has 1 fully saturated rings. The van der Waals surface area contributed by atoms with E-state index in [1.165, 1.54) is 22.7 Å². The lowest BCUT2D eigenvalue weighted by Crippen LogP contribution is -2.40. The minimum Gasteiger partial charge on any atom is -0.369 e. The van der Waals surface area contributed by atoms with Crippen molar-refractivity contribution >= 4 is 51.2 Å². The summed E-state index contributed by atoms with van der Waals surface area (Å²) in [4.78, 5) is 43.6. The van der Waals surface area contributed by atoms with E-state index >= 15 is 0 Å². The molecule has 3 aromatic rings. The summed E-state index contributed by atoms with van der Waals surface area (Å²) in [5, 5.41) is 9.88. The van der Waals surface area contributed by atoms with Gasteiger partial charge in [-0.25, -0.2) is 4.98 Å². The van der Waals surface area contributed by atoms with Gasteiger partial charge in [-0.1, -0.05) is 18.2 Å². The first-order chi connectivity index (χ1) is 16.4. The molecule has 1 aliphatic rings. The number of piperidine rings is 1. The number of thiazole rings is 1. The molecule has 0 aliphatic carbocycles. The van der Waals surface area contributed by atoms with Crippen molar-refractivity contribution in [2.75, 3.05) is 23.7 Å². The Kier molecular flexibility index (Phi) is 8.04. The van der Waals surface area contributed by atoms with Crippen LogP contribution in [0, 0.1) is 5.92 Å². The monoisotopic (exact) mass is 497 g/mol. The number of rotatable bonds is 9. The van der Waals surface area contributed by atoms with E-state index in [9.17, 15) is 14.4 Å². The number of anilines is 2. The molecule has 0 radical (unpaired) electrons. The van der Waals surface area contributed by atoms with E-state index < -0.39 is 0 Å². The molecule has 1 unspecified atom stereocenters. The van der Waals surface area contributed by atoms with Gasteiger partial charge in [-0.05, 0) is 48.5 Å². The first-order valence-corrected chi connectivity index (χ1v) is 12.9. The van der Waals surface area contributed by atoms with Crippen LogP contribution < -0.4 is 16.4 Å². The van der Waals surface area contributed by atoms with Crippen LogP contribution in [-0.4, -0.2) is 40.7 Å². The van der Waals surface area contributed by atoms with Gasteiger partial charge in [0.2, 0.25) is 17.7 Å². The van der Waals surface area contributed by atoms with Crippen molar-refractivity contribution in [3.8, 4) is 0 Å². The van der Waals surface area contributed by atoms with E-state index in [0.29, 0.717) is 29.5 Å². The van der Waals surface area contributed by atoms with Gasteiger partial charge in [-0.3, -0.25) is 19.3 Å². The second-order valence-electron chi connectivity index (χ2n) is 8.35. The zero-order chi connectivity index (χ0) is 23.9. The fourth-order valence-corrected chi connectivity index (χ4v) is 5.36. The van der Waals surface area contributed by atoms with Gasteiger partial charge in [0.1, 0.15) is 0 Å². The summed E-state index contributed by atoms with van der Waals surface area (Å²) in [7, 11) is 0. The fraction of sp³-hybridized carbons (Fsp3) is 0.333. The highest BCUT2D eigenvalue weighted by Gasteiger charge is 2.23. The lowest BCUT2D eigenvalue weighted by molar-refractivity contribution is -0.123. The molecule has 4 rings (SSSR count). The van der Waals surface area contributed by atoms with Crippen LogP contribution in [0.1, 0.15) is 29.0 Å². The first kappa shape index (κ1) is 24.1. The molecule has 1 aliphatic heterocycles. The van der Waals surface area contributed by atoms with Crippen molar-refractivity contribution in [2.45, 2.75) is 32.2 Å². The van der Waals surface area contributed by atoms with Crippen LogP contribution in [0.15, 0.2) is 47.2 Å². The van der Waals surface area contributed by atoms with Gasteiger partial charge < -0.3 is 16.4 Å². The number of nitrogens with two attached hydrogens (primary N) is 1. The lowest BCUT2D eigenvalue weighted by atomic mass is 9.97. The van der Waals surface area contributed by atoms with E-state index in [1.54, 1.807) is 5.38 Å². The van der Waals surface area contributed by atoms with E-state index in [2.05, 4.69) is 20.5 Å². The number of hydrogen-bond donors (Lipinski definition) is 3. The zero-order valence-electron chi connectivity index (χ0n) is 18.7. The van der Waals surface area contributed by atoms with Gasteiger partial charge in [0.15, 0.2) is 5.13 Å². The molecule has 0 spiro atoms. The number of carbonyl (C=O) groups is 3. The number of likely N-dealkylation sites (tertiary alicyclic amines) is 1. The summed E-state index contributed by atoms with van der Waals surface area (Å²) < 4.78 is 0. The van der Waals surface area contributed by atoms with Crippen molar-refractivity contribution in [2.24, 2.45) is 11.7 Å². The van der Waals surface area contributed by atoms with Gasteiger partial charge in [-0.2, -0.15) is 0 Å². The number of carbonyl (C=O) groups excluding carboxylic acids is 3. The Hall–Kier alpha value is -3.08. The SMILES string of the molecule is NC(=O)C1CCCN(Cc2ccc(NC(=O)Cc3csc(NC(=O)Cc4cccs4)n3)cc2)C1. The van der Waals surface area contributed by atoms with Crippen LogP contribution in [-0.2, 0) is 33.8 Å². The maximum Gasteiger partial charge on any atom is 0.231 e. The number of hydrogen-bond acceptors (Lipinski definition) is 7. The highest BCUT2D eigenvalue weighted by Crippen LogP contribution is 2.20. The number of aromatic nitrogens is 1. The molecule has 10 heteroatoms. The van der Waals surface area contributed by atoms with E-state index in [4.69, 9.17) is 5.73 Å². The molecule has 34 heavy (non-hydrogen) atoms. The van der Waals surface area contributed by atoms with Gasteiger partial charge in [0.05, 0.1) is 24.5 Å². The molecular formula is C24H27N5O3S2. The van der Waals surface area contributed by atoms with Crippen LogP contribution in [0.4, 0.5) is 10.8 Å². The fourth-order valence-electron chi connectivity index (χ4n) is 3.93. The third-order valence-corrected chi connectivity index (χ3v) is 7.29. The second-order valence-corrected chi connectivity index (χ2v) is 10.2. The standard InChI is InChI=1S/C24H27N5O3S2/c25-23(32)17-3-1-9-29(14-17)13-16-5-7-18(8-6-16)26-21(30)11-19-15-34-24(27-19)28-22(31)12-20-4-2-10-33-20/h2,4-8,10,15,17H,1,3,9,11-14H2,(H2,25,32)(H,26,30)(H,27,28,31). The summed E-state index contributed by atoms with van der Waals surface area (Å²) in [5.74, 6) is -0.596. The quantitative estimate of drug-likeness (QED) is 0.419. The summed E-state index contributed by atoms with van der Waals surface area (Å²) >= 11 is 2.84. The highest BCUT2D eigenvalue weighted by atomic mass is 32.1. The van der Waals surface area contributed by atoms with Crippen molar-refractivity contribution < 1.29 is 14.4 Å². The molecule has 178 valence electrons. The predicted octanol–water partition coefficient (Wildman–Crippen LogP) is 3.26. The normalized spacial score (nSPS) is 16.2. The van der Waals surface area contributed by atoms with Crippen molar-refractivity contribution in [3.05, 3.63) is 63.3 Å². The van der Waals surface area contributed by atoms with Crippen molar-refractivity contribution in [1.82, 2.24) is 9.88 Å². The molecule has 8 nitrogen and oxygen atoms in total. The van der Waals surface area contributed by atoms with Gasteiger partial charge in [-0.15, -0.1) is 22.7 Å². The van der Waals surface area contributed by atoms with Crippen LogP contribution in [0.2, 0.25) is 0 Å². The number of amides is 3. The van der Waals surface area contributed by atoms with Gasteiger partial charge in [0, 0.05) is 29.0 Å². The summed E-state index contributed by atoms with van der Waals surface area (Å²) in [6, 6.07) is 11.5. The van der Waals surface area contributed by atoms with E-state index in [1.807, 2.05) is 41.8 Å². The maximum atomic E-state index is 12.4. The number of nitrogens with zero attached hydrogens (tertiary/aromatic N) is 2. The van der Waals surface area contributed by atoms with Crippen LogP contribution in [0.25, 0.3) is 0 Å². The Morgan fingerprint density at radius 2 is 1.85 bits per heavy atom. The molecular weight excluding hydrogens is 470 g/mol. The molecule has 3 amide bonds. The third-order valence-electron chi connectivity index (χ3n) is 5.61. The number of thiophene rings is 1. The Bertz CT molecular complexity index is 1130. The molecule has 0 saturated carbocycles. The summed E-state index contributed by atoms with van der Waals surface area (Å²) in [6.07, 6.45) is 2.27. The van der Waals surface area contributed by atoms with E-state index in [-0.39, 0.29) is 30.1 Å². The van der Waals surface area contributed by atoms with Gasteiger partial charge >= 0.3 is 0 Å². The van der Waals surface area contributed by atoms with Crippen LogP contribution >= 0.6 is 22.7 Å². The summed E-state index contributed by atoms with van der Waals surface area (Å²) in [6.45, 7) is 2.39. The largest absolute Gasteiger partial charge is 0.369 e. The minimum atomic E-state index is -0.226. The molecule has 4 N–H and O–H groups in total. The second kappa shape index (κ2) is 11.4. The third kappa shape index (κ3) is 6.96. The Morgan fingerprint density at radius 1 is 1.06 bits per heavy atom. The van der Waals surface area contributed by atoms with Gasteiger partial charge in [0.25, 0.3) is 0 Å². The van der Waals surface area contributed by atoms with Crippen molar-refractivity contribution in [3.63, 3.8) is 0 Å². The molecule has 2 aromatic heterocycles. The molecule has 1 aromatic carbocycles. The number of primary amides is 1. The number of nitrogens with one attached hydrogen (secondary N) is 2. The summed E-state index contributed by atoms with van der Waals surface area (Å²) in [5.41, 5.74) is 7.90. The highest BCUT2D eigenvalue weighted by molar-refractivity contribution is 7.14. The average molecular weight is 498 g/mol. The molecule has 0 bridgehead atoms. The zero-order valence-corrected chi connectivity index (χ0v) is 20.3. The molecule has 3 heterocycles. The molecule has 1 atom stereocenters. The maximum absolute atomic E-state index is 12.4. The Labute approximate surface area is 206 Å². The number of benzene rings is 1. The predicted molar refractivity (Wildman–Crippen MR) is 135 cm³/mol. The van der Waals surface area contributed by atoms with Crippen LogP contribution in [0.5, 0.6) is 0 Å². The minimum absolute atomic E-state index is 0.0761. The Balaban J connectivity index is 1.23. The smallest absolute Gasteiger partial charge is 0.231 e. The average Bonchev–Trinajstić information content (AvgIpc) is 3.47. The molecule has 1 saturated heterocycles. The Morgan fingerprint density at radius 3 is 2.59 bits per heavy atom. The van der Waals surface area contributed by atoms with Crippen LogP contribution in [0.3, 0.4) is 0 Å².